The van der Waals surface area contributed by atoms with Crippen LogP contribution < -0.4 is 0 Å². The van der Waals surface area contributed by atoms with Crippen LogP contribution in [-0.2, 0) is 0 Å². The van der Waals surface area contributed by atoms with Crippen LogP contribution >= 0.6 is 0 Å². The molecule has 0 spiro atoms. The third-order valence-corrected chi connectivity index (χ3v) is 4.58. The minimum Gasteiger partial charge on any atom is -0.220 e. The van der Waals surface area contributed by atoms with Crippen molar-refractivity contribution in [3.05, 3.63) is 64.8 Å². The van der Waals surface area contributed by atoms with Crippen LogP contribution in [0.4, 0.5) is 0 Å². The average Bonchev–Trinajstić information content (AvgIpc) is 3.02. The zero-order chi connectivity index (χ0) is 18.1. The van der Waals surface area contributed by atoms with E-state index in [0.29, 0.717) is 11.8 Å². The lowest BCUT2D eigenvalue weighted by atomic mass is 9.93. The lowest BCUT2D eigenvalue weighted by molar-refractivity contribution is 0.742. The Morgan fingerprint density at radius 3 is 1.92 bits per heavy atom. The smallest absolute Gasteiger partial charge is 0.113 e. The van der Waals surface area contributed by atoms with Crippen molar-refractivity contribution >= 4 is 0 Å². The monoisotopic (exact) mass is 333 g/mol. The van der Waals surface area contributed by atoms with Gasteiger partial charge in [0, 0.05) is 5.56 Å². The molecule has 0 N–H and O–H groups in total. The summed E-state index contributed by atoms with van der Waals surface area (Å²) in [6.45, 7) is 13.1. The summed E-state index contributed by atoms with van der Waals surface area (Å²) in [4.78, 5) is 0. The fourth-order valence-electron chi connectivity index (χ4n) is 3.40. The molecule has 0 saturated heterocycles. The van der Waals surface area contributed by atoms with Gasteiger partial charge in [-0.3, -0.25) is 0 Å². The first-order valence-electron chi connectivity index (χ1n) is 9.01. The zero-order valence-electron chi connectivity index (χ0n) is 16.0. The number of hydrogen-bond acceptors (Lipinski definition) is 2. The van der Waals surface area contributed by atoms with Gasteiger partial charge in [-0.05, 0) is 48.9 Å². The number of para-hydroxylation sites is 1. The van der Waals surface area contributed by atoms with E-state index >= 15 is 0 Å². The highest BCUT2D eigenvalue weighted by atomic mass is 15.4. The molecule has 0 aliphatic rings. The SMILES string of the molecule is Cc1cc(C)cc(-c2cn(-c3c(C(C)C)cccc3C(C)C)nn2)c1. The molecule has 0 amide bonds. The Labute approximate surface area is 150 Å². The fourth-order valence-corrected chi connectivity index (χ4v) is 3.40. The maximum Gasteiger partial charge on any atom is 0.113 e. The van der Waals surface area contributed by atoms with Crippen molar-refractivity contribution < 1.29 is 0 Å². The maximum absolute atomic E-state index is 4.47. The molecule has 0 fully saturated rings. The highest BCUT2D eigenvalue weighted by Crippen LogP contribution is 2.31. The molecular weight excluding hydrogens is 306 g/mol. The molecule has 3 rings (SSSR count). The molecule has 3 aromatic rings. The molecule has 0 atom stereocenters. The quantitative estimate of drug-likeness (QED) is 0.604. The van der Waals surface area contributed by atoms with Crippen LogP contribution in [0.25, 0.3) is 16.9 Å². The van der Waals surface area contributed by atoms with Gasteiger partial charge < -0.3 is 0 Å². The van der Waals surface area contributed by atoms with Gasteiger partial charge in [0.2, 0.25) is 0 Å². The summed E-state index contributed by atoms with van der Waals surface area (Å²) in [5.41, 5.74) is 8.32. The minimum absolute atomic E-state index is 0.433. The van der Waals surface area contributed by atoms with E-state index in [1.54, 1.807) is 0 Å². The van der Waals surface area contributed by atoms with Crippen LogP contribution in [0.3, 0.4) is 0 Å². The lowest BCUT2D eigenvalue weighted by Crippen LogP contribution is -2.07. The van der Waals surface area contributed by atoms with E-state index in [1.165, 1.54) is 27.9 Å². The second kappa shape index (κ2) is 6.83. The molecular formula is C22H27N3. The highest BCUT2D eigenvalue weighted by molar-refractivity contribution is 5.61. The lowest BCUT2D eigenvalue weighted by Gasteiger charge is -2.18. The molecule has 0 aliphatic carbocycles. The normalized spacial score (nSPS) is 11.5. The third kappa shape index (κ3) is 3.51. The highest BCUT2D eigenvalue weighted by Gasteiger charge is 2.17. The molecule has 0 unspecified atom stereocenters. The van der Waals surface area contributed by atoms with Gasteiger partial charge in [0.25, 0.3) is 0 Å². The summed E-state index contributed by atoms with van der Waals surface area (Å²) in [7, 11) is 0. The standard InChI is InChI=1S/C22H27N3/c1-14(2)19-8-7-9-20(15(3)4)22(19)25-13-21(23-24-25)18-11-16(5)10-17(6)12-18/h7-15H,1-6H3. The molecule has 1 heterocycles. The van der Waals surface area contributed by atoms with E-state index < -0.39 is 0 Å². The van der Waals surface area contributed by atoms with Crippen LogP contribution in [0.5, 0.6) is 0 Å². The number of hydrogen-bond donors (Lipinski definition) is 0. The first kappa shape index (κ1) is 17.4. The van der Waals surface area contributed by atoms with Gasteiger partial charge in [-0.15, -0.1) is 5.10 Å². The van der Waals surface area contributed by atoms with E-state index in [9.17, 15) is 0 Å². The predicted molar refractivity (Wildman–Crippen MR) is 104 cm³/mol. The van der Waals surface area contributed by atoms with Crippen molar-refractivity contribution in [3.8, 4) is 16.9 Å². The molecule has 2 aromatic carbocycles. The Bertz CT molecular complexity index is 842. The van der Waals surface area contributed by atoms with E-state index in [4.69, 9.17) is 0 Å². The van der Waals surface area contributed by atoms with Gasteiger partial charge in [0.1, 0.15) is 5.69 Å². The first-order valence-corrected chi connectivity index (χ1v) is 9.01. The largest absolute Gasteiger partial charge is 0.220 e. The molecule has 130 valence electrons. The van der Waals surface area contributed by atoms with Crippen LogP contribution in [0, 0.1) is 13.8 Å². The summed E-state index contributed by atoms with van der Waals surface area (Å²) >= 11 is 0. The minimum atomic E-state index is 0.433. The summed E-state index contributed by atoms with van der Waals surface area (Å²) in [5.74, 6) is 0.866. The maximum atomic E-state index is 4.47. The van der Waals surface area contributed by atoms with Crippen molar-refractivity contribution in [1.82, 2.24) is 15.0 Å². The Morgan fingerprint density at radius 2 is 1.40 bits per heavy atom. The van der Waals surface area contributed by atoms with E-state index in [1.807, 2.05) is 4.68 Å². The Balaban J connectivity index is 2.14. The van der Waals surface area contributed by atoms with Crippen LogP contribution in [0.1, 0.15) is 61.8 Å². The molecule has 3 heteroatoms. The Hall–Kier alpha value is -2.42. The van der Waals surface area contributed by atoms with E-state index in [0.717, 1.165) is 11.3 Å². The Morgan fingerprint density at radius 1 is 0.840 bits per heavy atom. The van der Waals surface area contributed by atoms with Gasteiger partial charge in [-0.25, -0.2) is 4.68 Å². The summed E-state index contributed by atoms with van der Waals surface area (Å²) < 4.78 is 1.96. The van der Waals surface area contributed by atoms with Crippen molar-refractivity contribution in [2.45, 2.75) is 53.4 Å². The van der Waals surface area contributed by atoms with Crippen LogP contribution in [0.15, 0.2) is 42.6 Å². The summed E-state index contributed by atoms with van der Waals surface area (Å²) in [5, 5.41) is 8.93. The van der Waals surface area contributed by atoms with Gasteiger partial charge in [-0.1, -0.05) is 68.3 Å². The van der Waals surface area contributed by atoms with Crippen LogP contribution in [-0.4, -0.2) is 15.0 Å². The van der Waals surface area contributed by atoms with Gasteiger partial charge in [0.15, 0.2) is 0 Å². The third-order valence-electron chi connectivity index (χ3n) is 4.58. The number of rotatable bonds is 4. The summed E-state index contributed by atoms with van der Waals surface area (Å²) in [6, 6.07) is 13.1. The number of aromatic nitrogens is 3. The second-order valence-corrected chi connectivity index (χ2v) is 7.52. The van der Waals surface area contributed by atoms with E-state index in [-0.39, 0.29) is 0 Å². The van der Waals surface area contributed by atoms with Gasteiger partial charge in [-0.2, -0.15) is 0 Å². The van der Waals surface area contributed by atoms with Gasteiger partial charge in [0.05, 0.1) is 11.9 Å². The molecule has 0 bridgehead atoms. The molecule has 1 aromatic heterocycles. The molecule has 0 saturated carbocycles. The van der Waals surface area contributed by atoms with Crippen molar-refractivity contribution in [3.63, 3.8) is 0 Å². The number of benzene rings is 2. The molecule has 25 heavy (non-hydrogen) atoms. The summed E-state index contributed by atoms with van der Waals surface area (Å²) in [6.07, 6.45) is 2.06. The number of aryl methyl sites for hydroxylation is 2. The van der Waals surface area contributed by atoms with Crippen molar-refractivity contribution in [2.75, 3.05) is 0 Å². The second-order valence-electron chi connectivity index (χ2n) is 7.52. The van der Waals surface area contributed by atoms with Crippen molar-refractivity contribution in [1.29, 1.82) is 0 Å². The zero-order valence-corrected chi connectivity index (χ0v) is 16.0. The topological polar surface area (TPSA) is 30.7 Å². The Kier molecular flexibility index (Phi) is 4.76. The number of nitrogens with zero attached hydrogens (tertiary/aromatic N) is 3. The van der Waals surface area contributed by atoms with Crippen molar-refractivity contribution in [2.24, 2.45) is 0 Å². The average molecular weight is 333 g/mol. The fraction of sp³-hybridized carbons (Fsp3) is 0.364. The molecule has 0 aliphatic heterocycles. The van der Waals surface area contributed by atoms with Crippen LogP contribution in [0.2, 0.25) is 0 Å². The predicted octanol–water partition coefficient (Wildman–Crippen LogP) is 5.80. The molecule has 3 nitrogen and oxygen atoms in total. The van der Waals surface area contributed by atoms with Gasteiger partial charge >= 0.3 is 0 Å². The molecule has 0 radical (unpaired) electrons. The first-order chi connectivity index (χ1) is 11.9. The van der Waals surface area contributed by atoms with E-state index in [2.05, 4.69) is 94.4 Å².